The summed E-state index contributed by atoms with van der Waals surface area (Å²) in [5.74, 6) is -1.15. The standard InChI is InChI=1S/C9H7ClFIO2/c1-2-14-9(13)5-3-6(11)8(10)7(12)4-5/h3-4H,2H2,1H3. The Hall–Kier alpha value is -0.360. The van der Waals surface area contributed by atoms with Gasteiger partial charge >= 0.3 is 5.97 Å². The summed E-state index contributed by atoms with van der Waals surface area (Å²) in [6.45, 7) is 1.95. The lowest BCUT2D eigenvalue weighted by Gasteiger charge is -2.04. The number of rotatable bonds is 2. The van der Waals surface area contributed by atoms with Gasteiger partial charge in [-0.05, 0) is 41.6 Å². The molecule has 0 amide bonds. The van der Waals surface area contributed by atoms with Crippen LogP contribution >= 0.6 is 34.2 Å². The number of carbonyl (C=O) groups excluding carboxylic acids is 1. The number of benzene rings is 1. The van der Waals surface area contributed by atoms with Crippen LogP contribution < -0.4 is 0 Å². The molecule has 2 nitrogen and oxygen atoms in total. The Morgan fingerprint density at radius 3 is 2.79 bits per heavy atom. The molecule has 5 heteroatoms. The molecule has 1 aromatic rings. The first-order valence-electron chi connectivity index (χ1n) is 3.88. The molecule has 0 bridgehead atoms. The minimum Gasteiger partial charge on any atom is -0.462 e. The lowest BCUT2D eigenvalue weighted by molar-refractivity contribution is 0.0525. The molecule has 14 heavy (non-hydrogen) atoms. The van der Waals surface area contributed by atoms with Crippen LogP contribution in [0.1, 0.15) is 17.3 Å². The minimum absolute atomic E-state index is 0.0265. The molecule has 0 N–H and O–H groups in total. The normalized spacial score (nSPS) is 10.0. The number of hydrogen-bond acceptors (Lipinski definition) is 2. The van der Waals surface area contributed by atoms with Crippen LogP contribution in [0.15, 0.2) is 12.1 Å². The summed E-state index contributed by atoms with van der Waals surface area (Å²) in [6, 6.07) is 2.56. The van der Waals surface area contributed by atoms with Crippen molar-refractivity contribution in [1.82, 2.24) is 0 Å². The van der Waals surface area contributed by atoms with Gasteiger partial charge in [-0.15, -0.1) is 0 Å². The van der Waals surface area contributed by atoms with Gasteiger partial charge in [0.05, 0.1) is 17.2 Å². The monoisotopic (exact) mass is 328 g/mol. The fourth-order valence-electron chi connectivity index (χ4n) is 0.888. The third-order valence-electron chi connectivity index (χ3n) is 1.49. The minimum atomic E-state index is -0.610. The predicted molar refractivity (Wildman–Crippen MR) is 60.1 cm³/mol. The van der Waals surface area contributed by atoms with Crippen molar-refractivity contribution in [1.29, 1.82) is 0 Å². The second-order valence-corrected chi connectivity index (χ2v) is 4.01. The molecule has 1 rings (SSSR count). The summed E-state index contributed by atoms with van der Waals surface area (Å²) in [6.07, 6.45) is 0. The molecule has 0 radical (unpaired) electrons. The zero-order chi connectivity index (χ0) is 10.7. The van der Waals surface area contributed by atoms with Crippen LogP contribution in [-0.4, -0.2) is 12.6 Å². The van der Waals surface area contributed by atoms with Crippen LogP contribution in [-0.2, 0) is 4.74 Å². The number of ether oxygens (including phenoxy) is 1. The predicted octanol–water partition coefficient (Wildman–Crippen LogP) is 3.26. The van der Waals surface area contributed by atoms with Crippen LogP contribution in [0.25, 0.3) is 0 Å². The highest BCUT2D eigenvalue weighted by Gasteiger charge is 2.12. The molecule has 0 aliphatic carbocycles. The fourth-order valence-corrected chi connectivity index (χ4v) is 1.59. The van der Waals surface area contributed by atoms with Crippen molar-refractivity contribution in [2.24, 2.45) is 0 Å². The SMILES string of the molecule is CCOC(=O)c1cc(F)c(Cl)c(I)c1. The van der Waals surface area contributed by atoms with Crippen molar-refractivity contribution in [3.63, 3.8) is 0 Å². The van der Waals surface area contributed by atoms with Gasteiger partial charge in [0.1, 0.15) is 5.82 Å². The van der Waals surface area contributed by atoms with E-state index < -0.39 is 11.8 Å². The van der Waals surface area contributed by atoms with Gasteiger partial charge in [0, 0.05) is 3.57 Å². The molecule has 0 heterocycles. The number of esters is 1. The zero-order valence-electron chi connectivity index (χ0n) is 7.31. The molecule has 0 saturated heterocycles. The second-order valence-electron chi connectivity index (χ2n) is 2.47. The van der Waals surface area contributed by atoms with E-state index in [0.717, 1.165) is 6.07 Å². The molecular weight excluding hydrogens is 321 g/mol. The Kier molecular flexibility index (Phi) is 4.12. The van der Waals surface area contributed by atoms with E-state index >= 15 is 0 Å². The van der Waals surface area contributed by atoms with E-state index in [4.69, 9.17) is 16.3 Å². The highest BCUT2D eigenvalue weighted by molar-refractivity contribution is 14.1. The van der Waals surface area contributed by atoms with Crippen LogP contribution in [0.3, 0.4) is 0 Å². The largest absolute Gasteiger partial charge is 0.462 e. The maximum atomic E-state index is 13.1. The van der Waals surface area contributed by atoms with E-state index in [1.807, 2.05) is 22.6 Å². The summed E-state index contributed by atoms with van der Waals surface area (Å²) in [5.41, 5.74) is 0.179. The Balaban J connectivity index is 3.06. The first kappa shape index (κ1) is 11.7. The highest BCUT2D eigenvalue weighted by Crippen LogP contribution is 2.23. The molecule has 76 valence electrons. The van der Waals surface area contributed by atoms with Crippen LogP contribution in [0.2, 0.25) is 5.02 Å². The molecule has 1 aromatic carbocycles. The van der Waals surface area contributed by atoms with Crippen LogP contribution in [0, 0.1) is 9.39 Å². The first-order valence-corrected chi connectivity index (χ1v) is 5.33. The third-order valence-corrected chi connectivity index (χ3v) is 3.05. The van der Waals surface area contributed by atoms with Gasteiger partial charge in [-0.1, -0.05) is 11.6 Å². The molecule has 0 aliphatic heterocycles. The van der Waals surface area contributed by atoms with Crippen LogP contribution in [0.5, 0.6) is 0 Å². The van der Waals surface area contributed by atoms with E-state index in [-0.39, 0.29) is 17.2 Å². The first-order chi connectivity index (χ1) is 6.56. The summed E-state index contributed by atoms with van der Waals surface area (Å²) < 4.78 is 18.3. The average molecular weight is 329 g/mol. The summed E-state index contributed by atoms with van der Waals surface area (Å²) in [7, 11) is 0. The lowest BCUT2D eigenvalue weighted by Crippen LogP contribution is -2.05. The Labute approximate surface area is 99.5 Å². The molecule has 0 aliphatic rings. The van der Waals surface area contributed by atoms with Crippen LogP contribution in [0.4, 0.5) is 4.39 Å². The molecule has 0 fully saturated rings. The smallest absolute Gasteiger partial charge is 0.338 e. The van der Waals surface area contributed by atoms with Crippen molar-refractivity contribution >= 4 is 40.2 Å². The number of halogens is 3. The molecule has 0 unspecified atom stereocenters. The Bertz CT molecular complexity index is 345. The van der Waals surface area contributed by atoms with Gasteiger partial charge in [0.15, 0.2) is 0 Å². The zero-order valence-corrected chi connectivity index (χ0v) is 10.2. The van der Waals surface area contributed by atoms with Crippen molar-refractivity contribution in [3.05, 3.63) is 32.1 Å². The van der Waals surface area contributed by atoms with Gasteiger partial charge in [0.25, 0.3) is 0 Å². The Morgan fingerprint density at radius 2 is 2.29 bits per heavy atom. The van der Waals surface area contributed by atoms with Crippen molar-refractivity contribution in [2.75, 3.05) is 6.61 Å². The fraction of sp³-hybridized carbons (Fsp3) is 0.222. The van der Waals surface area contributed by atoms with Gasteiger partial charge < -0.3 is 4.74 Å². The third kappa shape index (κ3) is 2.57. The maximum Gasteiger partial charge on any atom is 0.338 e. The van der Waals surface area contributed by atoms with Gasteiger partial charge in [-0.3, -0.25) is 0 Å². The quantitative estimate of drug-likeness (QED) is 0.473. The van der Waals surface area contributed by atoms with E-state index in [1.54, 1.807) is 6.92 Å². The average Bonchev–Trinajstić information content (AvgIpc) is 2.13. The van der Waals surface area contributed by atoms with Gasteiger partial charge in [-0.25, -0.2) is 9.18 Å². The van der Waals surface area contributed by atoms with E-state index in [9.17, 15) is 9.18 Å². The molecule has 0 spiro atoms. The molecular formula is C9H7ClFIO2. The van der Waals surface area contributed by atoms with E-state index in [0.29, 0.717) is 3.57 Å². The van der Waals surface area contributed by atoms with E-state index in [2.05, 4.69) is 0 Å². The van der Waals surface area contributed by atoms with Crippen molar-refractivity contribution in [3.8, 4) is 0 Å². The number of carbonyl (C=O) groups is 1. The van der Waals surface area contributed by atoms with Crippen molar-refractivity contribution in [2.45, 2.75) is 6.92 Å². The molecule has 0 saturated carbocycles. The summed E-state index contributed by atoms with van der Waals surface area (Å²) in [4.78, 5) is 11.2. The summed E-state index contributed by atoms with van der Waals surface area (Å²) in [5, 5.41) is 0.0265. The highest BCUT2D eigenvalue weighted by atomic mass is 127. The number of hydrogen-bond donors (Lipinski definition) is 0. The lowest BCUT2D eigenvalue weighted by atomic mass is 10.2. The maximum absolute atomic E-state index is 13.1. The molecule has 0 aromatic heterocycles. The second kappa shape index (κ2) is 4.93. The van der Waals surface area contributed by atoms with Gasteiger partial charge in [-0.2, -0.15) is 0 Å². The topological polar surface area (TPSA) is 26.3 Å². The Morgan fingerprint density at radius 1 is 1.64 bits per heavy atom. The molecule has 0 atom stereocenters. The van der Waals surface area contributed by atoms with Crippen molar-refractivity contribution < 1.29 is 13.9 Å². The van der Waals surface area contributed by atoms with E-state index in [1.165, 1.54) is 6.07 Å². The van der Waals surface area contributed by atoms with Gasteiger partial charge in [0.2, 0.25) is 0 Å². The summed E-state index contributed by atoms with van der Waals surface area (Å²) >= 11 is 7.45.